The lowest BCUT2D eigenvalue weighted by Gasteiger charge is -2.26. The first-order valence-electron chi connectivity index (χ1n) is 21.0. The van der Waals surface area contributed by atoms with E-state index in [1.165, 1.54) is 55.3 Å². The van der Waals surface area contributed by atoms with E-state index in [0.717, 1.165) is 72.6 Å². The van der Waals surface area contributed by atoms with Crippen LogP contribution in [0.15, 0.2) is 97.5 Å². The highest BCUT2D eigenvalue weighted by molar-refractivity contribution is 6.09. The van der Waals surface area contributed by atoms with Crippen LogP contribution in [0.4, 0.5) is 0 Å². The lowest BCUT2D eigenvalue weighted by Crippen LogP contribution is -2.12. The van der Waals surface area contributed by atoms with Crippen molar-refractivity contribution >= 4 is 21.8 Å². The Labute approximate surface area is 341 Å². The lowest BCUT2D eigenvalue weighted by atomic mass is 9.78. The number of aromatic nitrogens is 4. The number of hydrogen-bond donors (Lipinski definition) is 0. The summed E-state index contributed by atoms with van der Waals surface area (Å²) in [6, 6.07) is 27.6. The zero-order valence-electron chi connectivity index (χ0n) is 36.3. The van der Waals surface area contributed by atoms with Crippen LogP contribution < -0.4 is 4.74 Å². The van der Waals surface area contributed by atoms with E-state index in [-0.39, 0.29) is 10.8 Å². The summed E-state index contributed by atoms with van der Waals surface area (Å²) in [5.74, 6) is 3.12. The Bertz CT molecular complexity index is 2490. The van der Waals surface area contributed by atoms with Crippen LogP contribution in [0.5, 0.6) is 11.5 Å². The van der Waals surface area contributed by atoms with Gasteiger partial charge in [0.1, 0.15) is 17.3 Å². The van der Waals surface area contributed by atoms with Gasteiger partial charge in [-0.3, -0.25) is 4.57 Å². The number of benzene rings is 4. The molecule has 296 valence electrons. The molecule has 0 N–H and O–H groups in total. The Balaban J connectivity index is 1.24. The van der Waals surface area contributed by atoms with Crippen molar-refractivity contribution in [1.82, 2.24) is 19.3 Å². The van der Waals surface area contributed by atoms with E-state index in [2.05, 4.69) is 166 Å². The summed E-state index contributed by atoms with van der Waals surface area (Å²) in [5.41, 5.74) is 14.7. The monoisotopic (exact) mass is 758 g/mol. The molecule has 0 bridgehead atoms. The molecular formula is C52H62N4O. The Morgan fingerprint density at radius 1 is 0.667 bits per heavy atom. The first-order valence-corrected chi connectivity index (χ1v) is 21.0. The van der Waals surface area contributed by atoms with E-state index >= 15 is 0 Å². The number of pyridine rings is 1. The zero-order chi connectivity index (χ0) is 40.6. The molecule has 3 heterocycles. The van der Waals surface area contributed by atoms with Crippen molar-refractivity contribution in [2.45, 2.75) is 115 Å². The third kappa shape index (κ3) is 8.88. The van der Waals surface area contributed by atoms with Gasteiger partial charge in [-0.15, -0.1) is 0 Å². The molecule has 0 aliphatic heterocycles. The summed E-state index contributed by atoms with van der Waals surface area (Å²) in [4.78, 5) is 4.87. The molecule has 0 aliphatic carbocycles. The number of hydrogen-bond acceptors (Lipinski definition) is 3. The van der Waals surface area contributed by atoms with E-state index in [1.807, 2.05) is 16.9 Å². The first-order chi connectivity index (χ1) is 27.1. The number of rotatable bonds is 12. The molecule has 0 unspecified atom stereocenters. The minimum absolute atomic E-state index is 0.245. The Kier molecular flexibility index (Phi) is 11.2. The number of fused-ring (bicyclic) bond motifs is 3. The normalized spacial score (nSPS) is 12.4. The summed E-state index contributed by atoms with van der Waals surface area (Å²) in [6.07, 6.45) is 12.8. The van der Waals surface area contributed by atoms with Gasteiger partial charge in [0.15, 0.2) is 0 Å². The molecule has 57 heavy (non-hydrogen) atoms. The molecule has 0 spiro atoms. The predicted octanol–water partition coefficient (Wildman–Crippen LogP) is 14.3. The highest BCUT2D eigenvalue weighted by Crippen LogP contribution is 2.40. The van der Waals surface area contributed by atoms with Gasteiger partial charge in [-0.05, 0) is 157 Å². The van der Waals surface area contributed by atoms with Gasteiger partial charge in [0.25, 0.3) is 0 Å². The van der Waals surface area contributed by atoms with Crippen LogP contribution in [0.3, 0.4) is 0 Å². The summed E-state index contributed by atoms with van der Waals surface area (Å²) >= 11 is 0. The highest BCUT2D eigenvalue weighted by Gasteiger charge is 2.24. The van der Waals surface area contributed by atoms with Crippen molar-refractivity contribution in [1.29, 1.82) is 0 Å². The van der Waals surface area contributed by atoms with E-state index in [1.54, 1.807) is 0 Å². The molecule has 0 saturated heterocycles. The first kappa shape index (κ1) is 40.1. The van der Waals surface area contributed by atoms with E-state index in [0.29, 0.717) is 5.92 Å². The molecule has 0 aliphatic rings. The van der Waals surface area contributed by atoms with Crippen molar-refractivity contribution in [3.63, 3.8) is 0 Å². The molecule has 0 atom stereocenters. The van der Waals surface area contributed by atoms with Crippen molar-refractivity contribution in [3.8, 4) is 34.1 Å². The quantitative estimate of drug-likeness (QED) is 0.125. The van der Waals surface area contributed by atoms with Crippen molar-refractivity contribution in [3.05, 3.63) is 131 Å². The van der Waals surface area contributed by atoms with Crippen LogP contribution >= 0.6 is 0 Å². The molecule has 7 rings (SSSR count). The number of para-hydroxylation sites is 1. The summed E-state index contributed by atoms with van der Waals surface area (Å²) < 4.78 is 10.9. The van der Waals surface area contributed by atoms with Crippen molar-refractivity contribution < 1.29 is 4.74 Å². The summed E-state index contributed by atoms with van der Waals surface area (Å²) in [5, 5.41) is 7.36. The van der Waals surface area contributed by atoms with Gasteiger partial charge in [-0.25, -0.2) is 9.67 Å². The Morgan fingerprint density at radius 3 is 2.02 bits per heavy atom. The van der Waals surface area contributed by atoms with Gasteiger partial charge in [-0.1, -0.05) is 79.7 Å². The van der Waals surface area contributed by atoms with Gasteiger partial charge in [-0.2, -0.15) is 5.10 Å². The molecule has 5 heteroatoms. The fourth-order valence-electron chi connectivity index (χ4n) is 8.14. The zero-order valence-corrected chi connectivity index (χ0v) is 36.3. The average Bonchev–Trinajstić information content (AvgIpc) is 3.78. The average molecular weight is 759 g/mol. The van der Waals surface area contributed by atoms with E-state index < -0.39 is 0 Å². The fourth-order valence-corrected chi connectivity index (χ4v) is 8.14. The maximum atomic E-state index is 6.65. The van der Waals surface area contributed by atoms with E-state index in [9.17, 15) is 0 Å². The minimum atomic E-state index is 0.245. The fraction of sp³-hybridized carbons (Fsp3) is 0.385. The molecule has 7 aromatic rings. The van der Waals surface area contributed by atoms with Crippen LogP contribution in [0, 0.1) is 37.5 Å². The number of aryl methyl sites for hydroxylation is 1. The van der Waals surface area contributed by atoms with Gasteiger partial charge in [0.05, 0.1) is 22.9 Å². The van der Waals surface area contributed by atoms with Crippen molar-refractivity contribution in [2.75, 3.05) is 0 Å². The molecule has 3 aromatic heterocycles. The van der Waals surface area contributed by atoms with Gasteiger partial charge in [0.2, 0.25) is 0 Å². The molecule has 0 amide bonds. The predicted molar refractivity (Wildman–Crippen MR) is 241 cm³/mol. The van der Waals surface area contributed by atoms with Crippen molar-refractivity contribution in [2.24, 2.45) is 16.7 Å². The van der Waals surface area contributed by atoms with Crippen LogP contribution in [-0.2, 0) is 19.3 Å². The lowest BCUT2D eigenvalue weighted by molar-refractivity contribution is 0.376. The second kappa shape index (κ2) is 16.0. The van der Waals surface area contributed by atoms with Gasteiger partial charge >= 0.3 is 0 Å². The van der Waals surface area contributed by atoms with Gasteiger partial charge < -0.3 is 4.74 Å². The van der Waals surface area contributed by atoms with Crippen LogP contribution in [0.1, 0.15) is 108 Å². The van der Waals surface area contributed by atoms with Crippen LogP contribution in [0.25, 0.3) is 44.4 Å². The largest absolute Gasteiger partial charge is 0.457 e. The second-order valence-corrected chi connectivity index (χ2v) is 19.1. The molecule has 0 fully saturated rings. The SMILES string of the molecule is Cc1c(C)c(CCC(C)(C)C)c(-c2cnn(-c3cccc(Oc4ccc5c6ccccc6n(-c6cc(CCC(C)C)ccn6)c5c4)c3)c2)c(CCC(C)(C)C)c1C. The smallest absolute Gasteiger partial charge is 0.137 e. The Morgan fingerprint density at radius 2 is 1.33 bits per heavy atom. The van der Waals surface area contributed by atoms with Crippen LogP contribution in [0.2, 0.25) is 0 Å². The summed E-state index contributed by atoms with van der Waals surface area (Å²) in [7, 11) is 0. The van der Waals surface area contributed by atoms with Gasteiger partial charge in [0, 0.05) is 40.9 Å². The molecule has 0 radical (unpaired) electrons. The third-order valence-electron chi connectivity index (χ3n) is 11.8. The topological polar surface area (TPSA) is 44.9 Å². The summed E-state index contributed by atoms with van der Waals surface area (Å²) in [6.45, 7) is 25.6. The maximum absolute atomic E-state index is 6.65. The second-order valence-electron chi connectivity index (χ2n) is 19.1. The Hall–Kier alpha value is -5.16. The standard InChI is InChI=1S/C52H62N4O/c1-34(2)19-20-38-25-28-53-49(29-38)56-47-18-13-12-17-45(47)46-22-21-42(31-48(46)56)57-41-16-14-15-40(30-41)55-33-39(32-54-55)50-43(23-26-51(6,7)8)36(4)35(3)37(5)44(50)24-27-52(9,10)11/h12-18,21-22,25,28-34H,19-20,23-24,26-27H2,1-11H3. The molecule has 4 aromatic carbocycles. The minimum Gasteiger partial charge on any atom is -0.457 e. The molecule has 5 nitrogen and oxygen atoms in total. The van der Waals surface area contributed by atoms with E-state index in [4.69, 9.17) is 14.8 Å². The highest BCUT2D eigenvalue weighted by atomic mass is 16.5. The van der Waals surface area contributed by atoms with Crippen LogP contribution in [-0.4, -0.2) is 19.3 Å². The maximum Gasteiger partial charge on any atom is 0.137 e. The number of nitrogens with zero attached hydrogens (tertiary/aromatic N) is 4. The molecule has 0 saturated carbocycles. The molecular weight excluding hydrogens is 697 g/mol. The number of ether oxygens (including phenoxy) is 1. The third-order valence-corrected chi connectivity index (χ3v) is 11.8.